The van der Waals surface area contributed by atoms with E-state index in [2.05, 4.69) is 33.5 Å². The number of para-hydroxylation sites is 1. The summed E-state index contributed by atoms with van der Waals surface area (Å²) in [5.41, 5.74) is 2.30. The van der Waals surface area contributed by atoms with Gasteiger partial charge < -0.3 is 9.64 Å². The van der Waals surface area contributed by atoms with Crippen molar-refractivity contribution in [1.82, 2.24) is 14.5 Å². The number of benzene rings is 1. The van der Waals surface area contributed by atoms with Gasteiger partial charge in [0.25, 0.3) is 0 Å². The molecule has 2 unspecified atom stereocenters. The number of hydrogen-bond acceptors (Lipinski definition) is 4. The Morgan fingerprint density at radius 2 is 2.15 bits per heavy atom. The Labute approximate surface area is 158 Å². The van der Waals surface area contributed by atoms with Crippen LogP contribution in [0.15, 0.2) is 41.8 Å². The van der Waals surface area contributed by atoms with Crippen molar-refractivity contribution in [3.63, 3.8) is 0 Å². The maximum absolute atomic E-state index is 12.9. The second kappa shape index (κ2) is 7.84. The first-order chi connectivity index (χ1) is 12.7. The number of imidazole rings is 1. The summed E-state index contributed by atoms with van der Waals surface area (Å²) < 4.78 is 7.95. The Morgan fingerprint density at radius 1 is 1.31 bits per heavy atom. The number of aryl methyl sites for hydroxylation is 1. The van der Waals surface area contributed by atoms with E-state index in [0.717, 1.165) is 23.7 Å². The first kappa shape index (κ1) is 17.6. The summed E-state index contributed by atoms with van der Waals surface area (Å²) in [6.45, 7) is 3.47. The number of hydrogen-bond donors (Lipinski definition) is 0. The highest BCUT2D eigenvalue weighted by atomic mass is 32.2. The molecule has 0 spiro atoms. The van der Waals surface area contributed by atoms with Crippen LogP contribution in [-0.4, -0.2) is 51.4 Å². The lowest BCUT2D eigenvalue weighted by atomic mass is 9.90. The van der Waals surface area contributed by atoms with Gasteiger partial charge in [-0.3, -0.25) is 9.36 Å². The summed E-state index contributed by atoms with van der Waals surface area (Å²) in [5, 5.41) is 0.862. The number of rotatable bonds is 4. The Balaban J connectivity index is 1.44. The molecule has 26 heavy (non-hydrogen) atoms. The predicted molar refractivity (Wildman–Crippen MR) is 103 cm³/mol. The van der Waals surface area contributed by atoms with Crippen LogP contribution in [-0.2, 0) is 9.53 Å². The molecule has 4 rings (SSSR count). The summed E-state index contributed by atoms with van der Waals surface area (Å²) in [6, 6.07) is 8.50. The molecule has 1 amide bonds. The van der Waals surface area contributed by atoms with Crippen molar-refractivity contribution in [2.45, 2.75) is 49.9 Å². The zero-order valence-corrected chi connectivity index (χ0v) is 16.0. The number of nitrogens with zero attached hydrogens (tertiary/aromatic N) is 3. The minimum absolute atomic E-state index is 0.203. The number of carbonyl (C=O) groups excluding carboxylic acids is 1. The topological polar surface area (TPSA) is 47.4 Å². The Hall–Kier alpha value is -1.79. The first-order valence-electron chi connectivity index (χ1n) is 9.37. The van der Waals surface area contributed by atoms with Gasteiger partial charge in [-0.1, -0.05) is 42.8 Å². The van der Waals surface area contributed by atoms with E-state index in [9.17, 15) is 4.79 Å². The van der Waals surface area contributed by atoms with E-state index in [1.54, 1.807) is 6.20 Å². The fourth-order valence-electron chi connectivity index (χ4n) is 4.03. The van der Waals surface area contributed by atoms with E-state index in [4.69, 9.17) is 4.74 Å². The lowest BCUT2D eigenvalue weighted by molar-refractivity contribution is -0.146. The van der Waals surface area contributed by atoms with Crippen LogP contribution in [0.3, 0.4) is 0 Å². The molecule has 0 bridgehead atoms. The molecule has 2 fully saturated rings. The van der Waals surface area contributed by atoms with Gasteiger partial charge in [0, 0.05) is 18.9 Å². The van der Waals surface area contributed by atoms with Crippen molar-refractivity contribution >= 4 is 17.7 Å². The van der Waals surface area contributed by atoms with Gasteiger partial charge in [-0.25, -0.2) is 4.98 Å². The van der Waals surface area contributed by atoms with Gasteiger partial charge in [0.05, 0.1) is 30.2 Å². The van der Waals surface area contributed by atoms with Crippen LogP contribution in [0.5, 0.6) is 0 Å². The molecule has 1 aliphatic carbocycles. The van der Waals surface area contributed by atoms with Crippen molar-refractivity contribution in [2.24, 2.45) is 0 Å². The van der Waals surface area contributed by atoms with Crippen molar-refractivity contribution in [3.05, 3.63) is 42.2 Å². The predicted octanol–water partition coefficient (Wildman–Crippen LogP) is 3.44. The van der Waals surface area contributed by atoms with Crippen molar-refractivity contribution in [2.75, 3.05) is 18.9 Å². The highest BCUT2D eigenvalue weighted by Crippen LogP contribution is 2.30. The van der Waals surface area contributed by atoms with E-state index in [1.165, 1.54) is 30.2 Å². The number of fused-ring (bicyclic) bond motifs is 1. The molecule has 0 radical (unpaired) electrons. The normalized spacial score (nSPS) is 22.9. The second-order valence-electron chi connectivity index (χ2n) is 7.00. The fourth-order valence-corrected chi connectivity index (χ4v) is 4.88. The molecule has 1 aromatic heterocycles. The number of morpholine rings is 1. The molecule has 138 valence electrons. The number of amides is 1. The van der Waals surface area contributed by atoms with E-state index < -0.39 is 0 Å². The maximum atomic E-state index is 12.9. The quantitative estimate of drug-likeness (QED) is 0.773. The van der Waals surface area contributed by atoms with Crippen LogP contribution in [0.2, 0.25) is 0 Å². The molecule has 6 heteroatoms. The van der Waals surface area contributed by atoms with E-state index >= 15 is 0 Å². The van der Waals surface area contributed by atoms with E-state index in [-0.39, 0.29) is 18.1 Å². The van der Waals surface area contributed by atoms with Gasteiger partial charge >= 0.3 is 0 Å². The molecule has 0 N–H and O–H groups in total. The minimum atomic E-state index is 0.203. The lowest BCUT2D eigenvalue weighted by Crippen LogP contribution is -2.55. The van der Waals surface area contributed by atoms with Gasteiger partial charge in [0.2, 0.25) is 5.91 Å². The third-order valence-electron chi connectivity index (χ3n) is 5.36. The number of carbonyl (C=O) groups is 1. The standard InChI is InChI=1S/C20H25N3O2S/c1-15-6-2-3-7-16(15)23-11-10-21-20(23)26-14-19(24)22-12-13-25-18-9-5-4-8-17(18)22/h2-3,6-7,10-11,17-18H,4-5,8-9,12-14H2,1H3. The summed E-state index contributed by atoms with van der Waals surface area (Å²) >= 11 is 1.52. The molecule has 1 aromatic carbocycles. The Kier molecular flexibility index (Phi) is 5.31. The summed E-state index contributed by atoms with van der Waals surface area (Å²) in [6.07, 6.45) is 8.55. The average molecular weight is 372 g/mol. The van der Waals surface area contributed by atoms with E-state index in [0.29, 0.717) is 18.9 Å². The molecule has 2 heterocycles. The van der Waals surface area contributed by atoms with Gasteiger partial charge in [-0.2, -0.15) is 0 Å². The number of aromatic nitrogens is 2. The monoisotopic (exact) mass is 371 g/mol. The SMILES string of the molecule is Cc1ccccc1-n1ccnc1SCC(=O)N1CCOC2CCCCC21. The fraction of sp³-hybridized carbons (Fsp3) is 0.500. The molecule has 5 nitrogen and oxygen atoms in total. The van der Waals surface area contributed by atoms with Crippen LogP contribution in [0.1, 0.15) is 31.2 Å². The van der Waals surface area contributed by atoms with Gasteiger partial charge in [0.1, 0.15) is 0 Å². The van der Waals surface area contributed by atoms with Gasteiger partial charge in [-0.15, -0.1) is 0 Å². The minimum Gasteiger partial charge on any atom is -0.374 e. The largest absolute Gasteiger partial charge is 0.374 e. The van der Waals surface area contributed by atoms with Gasteiger partial charge in [-0.05, 0) is 31.4 Å². The molecule has 1 saturated heterocycles. The van der Waals surface area contributed by atoms with Crippen molar-refractivity contribution in [1.29, 1.82) is 0 Å². The number of thioether (sulfide) groups is 1. The molecular formula is C20H25N3O2S. The molecule has 2 aliphatic rings. The van der Waals surface area contributed by atoms with Crippen LogP contribution in [0.25, 0.3) is 5.69 Å². The third-order valence-corrected chi connectivity index (χ3v) is 6.31. The smallest absolute Gasteiger partial charge is 0.233 e. The Morgan fingerprint density at radius 3 is 3.04 bits per heavy atom. The highest BCUT2D eigenvalue weighted by Gasteiger charge is 2.36. The lowest BCUT2D eigenvalue weighted by Gasteiger charge is -2.43. The molecule has 1 aliphatic heterocycles. The van der Waals surface area contributed by atoms with Crippen LogP contribution < -0.4 is 0 Å². The third kappa shape index (κ3) is 3.53. The van der Waals surface area contributed by atoms with Crippen molar-refractivity contribution in [3.8, 4) is 5.69 Å². The summed E-state index contributed by atoms with van der Waals surface area (Å²) in [5.74, 6) is 0.626. The zero-order valence-electron chi connectivity index (χ0n) is 15.1. The molecule has 1 saturated carbocycles. The first-order valence-corrected chi connectivity index (χ1v) is 10.4. The summed E-state index contributed by atoms with van der Waals surface area (Å²) in [7, 11) is 0. The molecular weight excluding hydrogens is 346 g/mol. The maximum Gasteiger partial charge on any atom is 0.233 e. The molecule has 2 aromatic rings. The van der Waals surface area contributed by atoms with Crippen molar-refractivity contribution < 1.29 is 9.53 Å². The molecule has 2 atom stereocenters. The zero-order chi connectivity index (χ0) is 17.9. The Bertz CT molecular complexity index is 774. The number of ether oxygens (including phenoxy) is 1. The second-order valence-corrected chi connectivity index (χ2v) is 7.95. The summed E-state index contributed by atoms with van der Waals surface area (Å²) in [4.78, 5) is 19.4. The van der Waals surface area contributed by atoms with Crippen LogP contribution in [0.4, 0.5) is 0 Å². The van der Waals surface area contributed by atoms with E-state index in [1.807, 2.05) is 18.3 Å². The van der Waals surface area contributed by atoms with Crippen LogP contribution >= 0.6 is 11.8 Å². The average Bonchev–Trinajstić information content (AvgIpc) is 3.14. The van der Waals surface area contributed by atoms with Gasteiger partial charge in [0.15, 0.2) is 5.16 Å². The highest BCUT2D eigenvalue weighted by molar-refractivity contribution is 7.99. The van der Waals surface area contributed by atoms with Crippen LogP contribution in [0, 0.1) is 6.92 Å².